The Morgan fingerprint density at radius 3 is 2.79 bits per heavy atom. The fraction of sp³-hybridized carbons (Fsp3) is 0.800. The summed E-state index contributed by atoms with van der Waals surface area (Å²) in [6, 6.07) is 0. The Labute approximate surface area is 82.6 Å². The lowest BCUT2D eigenvalue weighted by Crippen LogP contribution is -2.22. The molecule has 0 aromatic carbocycles. The van der Waals surface area contributed by atoms with E-state index in [-0.39, 0.29) is 6.10 Å². The highest BCUT2D eigenvalue weighted by Gasteiger charge is 2.49. The van der Waals surface area contributed by atoms with E-state index >= 15 is 0 Å². The maximum absolute atomic E-state index is 10.2. The van der Waals surface area contributed by atoms with Crippen molar-refractivity contribution in [3.05, 3.63) is 0 Å². The van der Waals surface area contributed by atoms with Crippen LogP contribution in [0, 0.1) is 17.8 Å². The first-order chi connectivity index (χ1) is 6.86. The number of ether oxygens (including phenoxy) is 2. The van der Waals surface area contributed by atoms with E-state index in [0.29, 0.717) is 37.3 Å². The van der Waals surface area contributed by atoms with Crippen molar-refractivity contribution in [3.63, 3.8) is 0 Å². The van der Waals surface area contributed by atoms with Crippen molar-refractivity contribution in [2.24, 2.45) is 17.8 Å². The summed E-state index contributed by atoms with van der Waals surface area (Å²) in [4.78, 5) is 20.3. The second kappa shape index (κ2) is 3.98. The average molecular weight is 198 g/mol. The van der Waals surface area contributed by atoms with Gasteiger partial charge in [0, 0.05) is 11.8 Å². The van der Waals surface area contributed by atoms with Gasteiger partial charge in [0.15, 0.2) is 0 Å². The molecule has 4 atom stereocenters. The van der Waals surface area contributed by atoms with Crippen LogP contribution in [0.2, 0.25) is 0 Å². The largest absolute Gasteiger partial charge is 0.468 e. The van der Waals surface area contributed by atoms with Crippen molar-refractivity contribution in [2.45, 2.75) is 25.4 Å². The van der Waals surface area contributed by atoms with Crippen LogP contribution in [0.3, 0.4) is 0 Å². The molecule has 0 amide bonds. The Morgan fingerprint density at radius 1 is 1.21 bits per heavy atom. The van der Waals surface area contributed by atoms with Gasteiger partial charge < -0.3 is 9.47 Å². The first-order valence-electron chi connectivity index (χ1n) is 5.01. The predicted octanol–water partition coefficient (Wildman–Crippen LogP) is 0.747. The smallest absolute Gasteiger partial charge is 0.293 e. The molecule has 14 heavy (non-hydrogen) atoms. The van der Waals surface area contributed by atoms with Crippen molar-refractivity contribution in [1.82, 2.24) is 0 Å². The van der Waals surface area contributed by atoms with Crippen LogP contribution in [0.25, 0.3) is 0 Å². The lowest BCUT2D eigenvalue weighted by Gasteiger charge is -2.19. The van der Waals surface area contributed by atoms with Crippen molar-refractivity contribution >= 4 is 12.9 Å². The minimum absolute atomic E-state index is 0.0616. The third kappa shape index (κ3) is 1.49. The predicted molar refractivity (Wildman–Crippen MR) is 47.3 cm³/mol. The van der Waals surface area contributed by atoms with E-state index < -0.39 is 0 Å². The standard InChI is InChI=1S/C10H14O4/c11-5-13-4-9-7-1-2-8(9)10(3-7)14-6-12/h5-10H,1-4H2/t7-,8-,9+,10-/m1/s1. The van der Waals surface area contributed by atoms with Gasteiger partial charge in [-0.05, 0) is 25.2 Å². The van der Waals surface area contributed by atoms with E-state index in [1.807, 2.05) is 0 Å². The minimum atomic E-state index is 0.0616. The normalized spacial score (nSPS) is 39.4. The molecule has 0 radical (unpaired) electrons. The van der Waals surface area contributed by atoms with Crippen LogP contribution in [-0.4, -0.2) is 25.7 Å². The Balaban J connectivity index is 1.93. The molecule has 2 bridgehead atoms. The van der Waals surface area contributed by atoms with Crippen molar-refractivity contribution in [1.29, 1.82) is 0 Å². The lowest BCUT2D eigenvalue weighted by molar-refractivity contribution is -0.137. The summed E-state index contributed by atoms with van der Waals surface area (Å²) in [5.41, 5.74) is 0. The number of hydrogen-bond donors (Lipinski definition) is 0. The molecule has 0 aliphatic heterocycles. The van der Waals surface area contributed by atoms with Crippen LogP contribution in [-0.2, 0) is 19.1 Å². The zero-order valence-corrected chi connectivity index (χ0v) is 7.93. The molecule has 0 N–H and O–H groups in total. The number of hydrogen-bond acceptors (Lipinski definition) is 4. The zero-order chi connectivity index (χ0) is 9.97. The van der Waals surface area contributed by atoms with Crippen LogP contribution in [0.1, 0.15) is 19.3 Å². The van der Waals surface area contributed by atoms with Crippen molar-refractivity contribution < 1.29 is 19.1 Å². The quantitative estimate of drug-likeness (QED) is 0.611. The third-order valence-electron chi connectivity index (χ3n) is 3.63. The van der Waals surface area contributed by atoms with E-state index in [1.165, 1.54) is 6.42 Å². The van der Waals surface area contributed by atoms with Gasteiger partial charge in [-0.2, -0.15) is 0 Å². The van der Waals surface area contributed by atoms with Gasteiger partial charge in [-0.1, -0.05) is 0 Å². The molecule has 0 spiro atoms. The molecule has 2 aliphatic carbocycles. The summed E-state index contributed by atoms with van der Waals surface area (Å²) in [6.45, 7) is 1.51. The molecule has 78 valence electrons. The highest BCUT2D eigenvalue weighted by Crippen LogP contribution is 2.50. The summed E-state index contributed by atoms with van der Waals surface area (Å²) in [7, 11) is 0. The maximum atomic E-state index is 10.2. The Kier molecular flexibility index (Phi) is 2.70. The average Bonchev–Trinajstić information content (AvgIpc) is 2.72. The summed E-state index contributed by atoms with van der Waals surface area (Å²) < 4.78 is 9.82. The molecule has 2 fully saturated rings. The first kappa shape index (κ1) is 9.49. The zero-order valence-electron chi connectivity index (χ0n) is 7.93. The van der Waals surface area contributed by atoms with Crippen LogP contribution in [0.5, 0.6) is 0 Å². The Morgan fingerprint density at radius 2 is 2.07 bits per heavy atom. The first-order valence-corrected chi connectivity index (χ1v) is 5.01. The Hall–Kier alpha value is -1.06. The highest BCUT2D eigenvalue weighted by molar-refractivity contribution is 5.38. The fourth-order valence-corrected chi connectivity index (χ4v) is 3.05. The van der Waals surface area contributed by atoms with E-state index in [0.717, 1.165) is 12.8 Å². The number of fused-ring (bicyclic) bond motifs is 2. The van der Waals surface area contributed by atoms with Crippen LogP contribution in [0.4, 0.5) is 0 Å². The topological polar surface area (TPSA) is 52.6 Å². The van der Waals surface area contributed by atoms with Gasteiger partial charge in [0.05, 0.1) is 6.61 Å². The lowest BCUT2D eigenvalue weighted by atomic mass is 9.97. The number of carbonyl (C=O) groups excluding carboxylic acids is 2. The second-order valence-corrected chi connectivity index (χ2v) is 4.10. The van der Waals surface area contributed by atoms with Gasteiger partial charge in [0.2, 0.25) is 0 Å². The number of carbonyl (C=O) groups is 2. The van der Waals surface area contributed by atoms with E-state index in [1.54, 1.807) is 0 Å². The molecular formula is C10H14O4. The van der Waals surface area contributed by atoms with Gasteiger partial charge in [-0.15, -0.1) is 0 Å². The molecule has 4 nitrogen and oxygen atoms in total. The molecule has 2 saturated carbocycles. The maximum Gasteiger partial charge on any atom is 0.293 e. The number of rotatable bonds is 5. The second-order valence-electron chi connectivity index (χ2n) is 4.10. The summed E-state index contributed by atoms with van der Waals surface area (Å²) in [6.07, 6.45) is 3.27. The summed E-state index contributed by atoms with van der Waals surface area (Å²) in [5.74, 6) is 1.39. The van der Waals surface area contributed by atoms with Crippen LogP contribution >= 0.6 is 0 Å². The van der Waals surface area contributed by atoms with Crippen LogP contribution in [0.15, 0.2) is 0 Å². The van der Waals surface area contributed by atoms with Gasteiger partial charge in [0.1, 0.15) is 6.10 Å². The SMILES string of the molecule is O=COC[C@H]1[C@@H]2CC[C@H]1[C@H](OC=O)C2. The van der Waals surface area contributed by atoms with Crippen LogP contribution < -0.4 is 0 Å². The Bertz CT molecular complexity index is 228. The molecule has 0 unspecified atom stereocenters. The molecule has 2 aliphatic rings. The van der Waals surface area contributed by atoms with Gasteiger partial charge >= 0.3 is 0 Å². The molecule has 2 rings (SSSR count). The monoisotopic (exact) mass is 198 g/mol. The van der Waals surface area contributed by atoms with E-state index in [4.69, 9.17) is 9.47 Å². The fourth-order valence-electron chi connectivity index (χ4n) is 3.05. The molecule has 4 heteroatoms. The minimum Gasteiger partial charge on any atom is -0.468 e. The molecule has 0 aromatic heterocycles. The summed E-state index contributed by atoms with van der Waals surface area (Å²) in [5, 5.41) is 0. The molecular weight excluding hydrogens is 184 g/mol. The molecule has 0 heterocycles. The van der Waals surface area contributed by atoms with Crippen molar-refractivity contribution in [2.75, 3.05) is 6.61 Å². The molecule has 0 saturated heterocycles. The third-order valence-corrected chi connectivity index (χ3v) is 3.63. The molecule has 0 aromatic rings. The van der Waals surface area contributed by atoms with Crippen molar-refractivity contribution in [3.8, 4) is 0 Å². The summed E-state index contributed by atoms with van der Waals surface area (Å²) >= 11 is 0. The highest BCUT2D eigenvalue weighted by atomic mass is 16.5. The van der Waals surface area contributed by atoms with Gasteiger partial charge in [0.25, 0.3) is 12.9 Å². The van der Waals surface area contributed by atoms with E-state index in [2.05, 4.69) is 0 Å². The van der Waals surface area contributed by atoms with Gasteiger partial charge in [-0.3, -0.25) is 9.59 Å². The van der Waals surface area contributed by atoms with E-state index in [9.17, 15) is 9.59 Å². The van der Waals surface area contributed by atoms with Gasteiger partial charge in [-0.25, -0.2) is 0 Å².